The first-order valence-corrected chi connectivity index (χ1v) is 7.54. The fourth-order valence-electron chi connectivity index (χ4n) is 3.29. The van der Waals surface area contributed by atoms with Crippen molar-refractivity contribution in [3.05, 3.63) is 52.6 Å². The first kappa shape index (κ1) is 13.4. The van der Waals surface area contributed by atoms with Crippen molar-refractivity contribution in [1.29, 1.82) is 0 Å². The molecule has 1 heterocycles. The van der Waals surface area contributed by atoms with Crippen molar-refractivity contribution in [1.82, 2.24) is 9.55 Å². The van der Waals surface area contributed by atoms with E-state index < -0.39 is 0 Å². The molecule has 2 aromatic rings. The van der Waals surface area contributed by atoms with Gasteiger partial charge >= 0.3 is 0 Å². The number of benzene rings is 1. The normalized spacial score (nSPS) is 15.9. The van der Waals surface area contributed by atoms with Crippen molar-refractivity contribution in [3.63, 3.8) is 0 Å². The van der Waals surface area contributed by atoms with E-state index in [-0.39, 0.29) is 6.04 Å². The molecule has 1 aliphatic carbocycles. The average molecular weight is 269 g/mol. The highest BCUT2D eigenvalue weighted by Crippen LogP contribution is 2.28. The van der Waals surface area contributed by atoms with Gasteiger partial charge in [0.15, 0.2) is 0 Å². The molecule has 1 atom stereocenters. The molecule has 1 unspecified atom stereocenters. The number of hydrogen-bond acceptors (Lipinski definition) is 2. The van der Waals surface area contributed by atoms with Crippen LogP contribution in [-0.2, 0) is 12.8 Å². The Balaban J connectivity index is 2.05. The molecule has 3 heteroatoms. The van der Waals surface area contributed by atoms with Crippen molar-refractivity contribution in [2.45, 2.75) is 45.6 Å². The van der Waals surface area contributed by atoms with E-state index in [0.717, 1.165) is 18.7 Å². The third kappa shape index (κ3) is 2.27. The van der Waals surface area contributed by atoms with Crippen LogP contribution in [0.1, 0.15) is 47.2 Å². The van der Waals surface area contributed by atoms with Crippen LogP contribution < -0.4 is 5.73 Å². The Morgan fingerprint density at radius 3 is 2.55 bits per heavy atom. The third-order valence-corrected chi connectivity index (χ3v) is 4.34. The lowest BCUT2D eigenvalue weighted by Crippen LogP contribution is -2.24. The minimum atomic E-state index is 0.213. The average Bonchev–Trinajstić information content (AvgIpc) is 2.79. The smallest absolute Gasteiger partial charge is 0.106 e. The van der Waals surface area contributed by atoms with Gasteiger partial charge in [0, 0.05) is 12.2 Å². The van der Waals surface area contributed by atoms with Crippen molar-refractivity contribution < 1.29 is 0 Å². The van der Waals surface area contributed by atoms with Crippen LogP contribution in [0.5, 0.6) is 0 Å². The molecule has 1 aromatic carbocycles. The summed E-state index contributed by atoms with van der Waals surface area (Å²) in [4.78, 5) is 4.77. The van der Waals surface area contributed by atoms with Gasteiger partial charge in [-0.2, -0.15) is 0 Å². The number of aryl methyl sites for hydroxylation is 3. The zero-order chi connectivity index (χ0) is 14.1. The number of hydrogen-bond donors (Lipinski definition) is 1. The van der Waals surface area contributed by atoms with Crippen molar-refractivity contribution >= 4 is 0 Å². The van der Waals surface area contributed by atoms with Gasteiger partial charge in [-0.25, -0.2) is 4.98 Å². The molecule has 0 radical (unpaired) electrons. The Bertz CT molecular complexity index is 595. The maximum absolute atomic E-state index is 6.09. The molecule has 0 saturated heterocycles. The molecule has 0 saturated carbocycles. The Labute approximate surface area is 120 Å². The van der Waals surface area contributed by atoms with Gasteiger partial charge in [-0.15, -0.1) is 0 Å². The predicted octanol–water partition coefficient (Wildman–Crippen LogP) is 2.93. The number of nitrogens with zero attached hydrogens (tertiary/aromatic N) is 2. The molecule has 106 valence electrons. The fraction of sp³-hybridized carbons (Fsp3) is 0.471. The summed E-state index contributed by atoms with van der Waals surface area (Å²) in [7, 11) is 0. The monoisotopic (exact) mass is 269 g/mol. The van der Waals surface area contributed by atoms with Gasteiger partial charge in [-0.3, -0.25) is 0 Å². The van der Waals surface area contributed by atoms with Gasteiger partial charge in [0.2, 0.25) is 0 Å². The summed E-state index contributed by atoms with van der Waals surface area (Å²) in [5, 5.41) is 0. The molecule has 3 nitrogen and oxygen atoms in total. The van der Waals surface area contributed by atoms with Crippen LogP contribution in [0.3, 0.4) is 0 Å². The van der Waals surface area contributed by atoms with Crippen LogP contribution in [0.2, 0.25) is 0 Å². The summed E-state index contributed by atoms with van der Waals surface area (Å²) in [6.07, 6.45) is 4.79. The molecule has 1 aromatic heterocycles. The minimum Gasteiger partial charge on any atom is -0.328 e. The van der Waals surface area contributed by atoms with Crippen molar-refractivity contribution in [2.24, 2.45) is 5.73 Å². The molecule has 0 fully saturated rings. The summed E-state index contributed by atoms with van der Waals surface area (Å²) < 4.78 is 2.37. The fourth-order valence-corrected chi connectivity index (χ4v) is 3.29. The first-order valence-electron chi connectivity index (χ1n) is 7.54. The molecule has 0 bridgehead atoms. The van der Waals surface area contributed by atoms with E-state index >= 15 is 0 Å². The van der Waals surface area contributed by atoms with E-state index in [1.54, 1.807) is 0 Å². The van der Waals surface area contributed by atoms with Crippen LogP contribution in [-0.4, -0.2) is 16.1 Å². The number of fused-ring (bicyclic) bond motifs is 1. The Morgan fingerprint density at radius 1 is 1.15 bits per heavy atom. The summed E-state index contributed by atoms with van der Waals surface area (Å²) >= 11 is 0. The Kier molecular flexibility index (Phi) is 3.62. The van der Waals surface area contributed by atoms with E-state index in [4.69, 9.17) is 10.7 Å². The van der Waals surface area contributed by atoms with Crippen molar-refractivity contribution in [3.8, 4) is 0 Å². The van der Waals surface area contributed by atoms with Gasteiger partial charge in [0.25, 0.3) is 0 Å². The second kappa shape index (κ2) is 5.41. The van der Waals surface area contributed by atoms with Gasteiger partial charge in [0.1, 0.15) is 5.82 Å². The zero-order valence-electron chi connectivity index (χ0n) is 12.4. The first-order chi connectivity index (χ1) is 9.70. The van der Waals surface area contributed by atoms with Gasteiger partial charge in [-0.1, -0.05) is 29.8 Å². The molecule has 0 amide bonds. The second-order valence-electron chi connectivity index (χ2n) is 5.79. The van der Waals surface area contributed by atoms with Gasteiger partial charge in [0.05, 0.1) is 11.7 Å². The number of nitrogens with two attached hydrogens (primary N) is 1. The van der Waals surface area contributed by atoms with E-state index in [1.165, 1.54) is 35.4 Å². The molecule has 3 rings (SSSR count). The highest BCUT2D eigenvalue weighted by molar-refractivity contribution is 5.29. The number of rotatable bonds is 3. The lowest BCUT2D eigenvalue weighted by atomic mass is 9.99. The molecular formula is C17H23N3. The molecule has 1 aliphatic rings. The van der Waals surface area contributed by atoms with Crippen LogP contribution in [0, 0.1) is 13.8 Å². The highest BCUT2D eigenvalue weighted by Gasteiger charge is 2.23. The molecule has 0 spiro atoms. The lowest BCUT2D eigenvalue weighted by molar-refractivity contribution is 0.537. The topological polar surface area (TPSA) is 43.8 Å². The van der Waals surface area contributed by atoms with Gasteiger partial charge < -0.3 is 10.3 Å². The molecular weight excluding hydrogens is 246 g/mol. The molecule has 0 aliphatic heterocycles. The molecule has 20 heavy (non-hydrogen) atoms. The summed E-state index contributed by atoms with van der Waals surface area (Å²) in [6, 6.07) is 8.93. The zero-order valence-corrected chi connectivity index (χ0v) is 12.4. The Hall–Kier alpha value is -1.61. The van der Waals surface area contributed by atoms with E-state index in [2.05, 4.69) is 42.7 Å². The largest absolute Gasteiger partial charge is 0.328 e. The highest BCUT2D eigenvalue weighted by atomic mass is 15.1. The number of aromatic nitrogens is 2. The van der Waals surface area contributed by atoms with Crippen LogP contribution in [0.4, 0.5) is 0 Å². The third-order valence-electron chi connectivity index (χ3n) is 4.34. The van der Waals surface area contributed by atoms with E-state index in [0.29, 0.717) is 6.54 Å². The minimum absolute atomic E-state index is 0.213. The van der Waals surface area contributed by atoms with Gasteiger partial charge in [-0.05, 0) is 45.1 Å². The maximum atomic E-state index is 6.09. The number of imidazole rings is 1. The SMILES string of the molecule is Cc1ccc(C(CN)n2c(C)nc3c2CCCC3)cc1. The second-order valence-corrected chi connectivity index (χ2v) is 5.79. The standard InChI is InChI=1S/C17H23N3/c1-12-7-9-14(10-8-12)17(11-18)20-13(2)19-15-5-3-4-6-16(15)20/h7-10,17H,3-6,11,18H2,1-2H3. The van der Waals surface area contributed by atoms with E-state index in [9.17, 15) is 0 Å². The Morgan fingerprint density at radius 2 is 1.85 bits per heavy atom. The maximum Gasteiger partial charge on any atom is 0.106 e. The summed E-state index contributed by atoms with van der Waals surface area (Å²) in [5.74, 6) is 1.10. The summed E-state index contributed by atoms with van der Waals surface area (Å²) in [5.41, 5.74) is 11.4. The predicted molar refractivity (Wildman–Crippen MR) is 82.0 cm³/mol. The van der Waals surface area contributed by atoms with Crippen LogP contribution in [0.25, 0.3) is 0 Å². The van der Waals surface area contributed by atoms with E-state index in [1.807, 2.05) is 0 Å². The van der Waals surface area contributed by atoms with Crippen LogP contribution in [0.15, 0.2) is 24.3 Å². The summed E-state index contributed by atoms with van der Waals surface area (Å²) in [6.45, 7) is 4.84. The quantitative estimate of drug-likeness (QED) is 0.931. The van der Waals surface area contributed by atoms with Crippen LogP contribution >= 0.6 is 0 Å². The molecule has 2 N–H and O–H groups in total. The van der Waals surface area contributed by atoms with Crippen molar-refractivity contribution in [2.75, 3.05) is 6.54 Å². The lowest BCUT2D eigenvalue weighted by Gasteiger charge is -2.23.